The zero-order valence-corrected chi connectivity index (χ0v) is 26.9. The van der Waals surface area contributed by atoms with Crippen molar-refractivity contribution < 1.29 is 27.7 Å². The maximum atomic E-state index is 12.3. The van der Waals surface area contributed by atoms with Crippen molar-refractivity contribution in [2.75, 3.05) is 33.0 Å². The molecule has 0 amide bonds. The summed E-state index contributed by atoms with van der Waals surface area (Å²) in [5.41, 5.74) is 0.651. The highest BCUT2D eigenvalue weighted by Gasteiger charge is 2.41. The van der Waals surface area contributed by atoms with Gasteiger partial charge in [0, 0.05) is 45.9 Å². The number of hydrogen-bond acceptors (Lipinski definition) is 8. The van der Waals surface area contributed by atoms with Crippen molar-refractivity contribution in [2.45, 2.75) is 88.9 Å². The fraction of sp³-hybridized carbons (Fsp3) is 0.760. The van der Waals surface area contributed by atoms with E-state index < -0.39 is 29.6 Å². The second kappa shape index (κ2) is 13.6. The lowest BCUT2D eigenvalue weighted by Crippen LogP contribution is -2.35. The van der Waals surface area contributed by atoms with Gasteiger partial charge in [-0.15, -0.1) is 0 Å². The summed E-state index contributed by atoms with van der Waals surface area (Å²) in [6, 6.07) is 2.94. The molecule has 1 fully saturated rings. The van der Waals surface area contributed by atoms with Gasteiger partial charge >= 0.3 is 0 Å². The van der Waals surface area contributed by atoms with Crippen LogP contribution in [0.4, 0.5) is 0 Å². The van der Waals surface area contributed by atoms with Crippen molar-refractivity contribution in [3.63, 3.8) is 0 Å². The summed E-state index contributed by atoms with van der Waals surface area (Å²) >= 11 is 3.51. The molecule has 0 saturated carbocycles. The third-order valence-corrected chi connectivity index (χ3v) is 9.88. The van der Waals surface area contributed by atoms with Crippen LogP contribution in [0.25, 0.3) is 0 Å². The van der Waals surface area contributed by atoms with Crippen LogP contribution in [-0.2, 0) is 42.5 Å². The molecule has 1 unspecified atom stereocenters. The summed E-state index contributed by atoms with van der Waals surface area (Å²) in [5.74, 6) is 0.507. The Bertz CT molecular complexity index is 1050. The number of nitrogens with zero attached hydrogens (tertiary/aromatic N) is 3. The summed E-state index contributed by atoms with van der Waals surface area (Å²) in [6.07, 6.45) is 3.75. The van der Waals surface area contributed by atoms with Gasteiger partial charge in [-0.2, -0.15) is 0 Å². The second-order valence-electron chi connectivity index (χ2n) is 11.6. The molecule has 3 heterocycles. The first kappa shape index (κ1) is 31.6. The van der Waals surface area contributed by atoms with Gasteiger partial charge in [0.2, 0.25) is 5.79 Å². The fourth-order valence-corrected chi connectivity index (χ4v) is 5.87. The number of nitrogens with two attached hydrogens (primary N) is 1. The number of aryl methyl sites for hydroxylation is 1. The van der Waals surface area contributed by atoms with E-state index in [1.807, 2.05) is 37.6 Å². The van der Waals surface area contributed by atoms with E-state index in [4.69, 9.17) is 33.6 Å². The molecule has 0 aliphatic carbocycles. The number of rotatable bonds is 16. The molecule has 38 heavy (non-hydrogen) atoms. The molecule has 1 saturated heterocycles. The highest BCUT2D eigenvalue weighted by Crippen LogP contribution is 2.36. The van der Waals surface area contributed by atoms with E-state index in [1.54, 1.807) is 0 Å². The Balaban J connectivity index is 1.63. The van der Waals surface area contributed by atoms with Gasteiger partial charge in [-0.25, -0.2) is 9.19 Å². The molecular weight excluding hydrogens is 592 g/mol. The van der Waals surface area contributed by atoms with Gasteiger partial charge in [0.15, 0.2) is 0 Å². The third kappa shape index (κ3) is 9.05. The lowest BCUT2D eigenvalue weighted by molar-refractivity contribution is -0.177. The Kier molecular flexibility index (Phi) is 11.3. The first-order valence-corrected chi connectivity index (χ1v) is 18.8. The monoisotopic (exact) mass is 634 g/mol. The van der Waals surface area contributed by atoms with Crippen LogP contribution in [0.3, 0.4) is 0 Å². The van der Waals surface area contributed by atoms with Gasteiger partial charge in [0.25, 0.3) is 0 Å². The predicted octanol–water partition coefficient (Wildman–Crippen LogP) is 4.83. The highest BCUT2D eigenvalue weighted by atomic mass is 79.9. The van der Waals surface area contributed by atoms with Crippen LogP contribution < -0.4 is 5.14 Å². The van der Waals surface area contributed by atoms with E-state index in [-0.39, 0.29) is 5.92 Å². The Labute approximate surface area is 238 Å². The maximum Gasteiger partial charge on any atom is 0.216 e. The maximum absolute atomic E-state index is 12.3. The van der Waals surface area contributed by atoms with Crippen LogP contribution in [0.1, 0.15) is 56.3 Å². The smallest absolute Gasteiger partial charge is 0.216 e. The fourth-order valence-electron chi connectivity index (χ4n) is 4.32. The molecule has 2 aromatic rings. The van der Waals surface area contributed by atoms with Crippen molar-refractivity contribution in [2.24, 2.45) is 5.14 Å². The molecule has 0 radical (unpaired) electrons. The summed E-state index contributed by atoms with van der Waals surface area (Å²) in [4.78, 5) is 4.73. The molecule has 13 heteroatoms. The van der Waals surface area contributed by atoms with Crippen LogP contribution >= 0.6 is 15.9 Å². The van der Waals surface area contributed by atoms with E-state index in [1.165, 1.54) is 0 Å². The summed E-state index contributed by atoms with van der Waals surface area (Å²) < 4.78 is 43.7. The summed E-state index contributed by atoms with van der Waals surface area (Å²) in [6.45, 7) is 15.7. The van der Waals surface area contributed by atoms with Gasteiger partial charge in [0.1, 0.15) is 28.6 Å². The second-order valence-corrected chi connectivity index (χ2v) is 19.8. The van der Waals surface area contributed by atoms with Crippen LogP contribution in [0.5, 0.6) is 0 Å². The van der Waals surface area contributed by atoms with E-state index in [0.717, 1.165) is 16.5 Å². The van der Waals surface area contributed by atoms with E-state index in [0.29, 0.717) is 70.5 Å². The minimum atomic E-state index is -1.50. The van der Waals surface area contributed by atoms with Gasteiger partial charge in [0.05, 0.1) is 35.6 Å². The highest BCUT2D eigenvalue weighted by molar-refractivity contribution is 9.10. The van der Waals surface area contributed by atoms with Crippen molar-refractivity contribution in [1.29, 1.82) is 0 Å². The molecule has 2 atom stereocenters. The minimum absolute atomic E-state index is 0.129. The molecule has 2 N–H and O–H groups in total. The van der Waals surface area contributed by atoms with E-state index in [9.17, 15) is 4.21 Å². The molecule has 216 valence electrons. The van der Waals surface area contributed by atoms with Gasteiger partial charge in [-0.1, -0.05) is 24.8 Å². The standard InChI is InChI=1S/C25H43BrN4O6SSi/c1-19-14-21(29-36-19)25(34-10-11-35-25)8-7-9-32-17-20(15-24(2,3)37(27)31)23-28-22(26)16-30(23)18-33-12-13-38(4,5)6/h14,16,20H,7-13,15,17-18,27H2,1-6H3/t20-,37?/m1/s1. The third-order valence-electron chi connectivity index (χ3n) is 6.54. The number of aromatic nitrogens is 3. The zero-order valence-electron chi connectivity index (χ0n) is 23.5. The molecule has 0 spiro atoms. The van der Waals surface area contributed by atoms with Crippen LogP contribution in [0.2, 0.25) is 25.7 Å². The number of imidazole rings is 1. The van der Waals surface area contributed by atoms with Crippen LogP contribution in [0, 0.1) is 6.92 Å². The average molecular weight is 636 g/mol. The molecule has 0 bridgehead atoms. The number of hydrogen-bond donors (Lipinski definition) is 1. The van der Waals surface area contributed by atoms with Crippen molar-refractivity contribution in [1.82, 2.24) is 14.7 Å². The zero-order chi connectivity index (χ0) is 28.0. The quantitative estimate of drug-likeness (QED) is 0.206. The Morgan fingerprint density at radius 1 is 1.26 bits per heavy atom. The molecule has 2 aromatic heterocycles. The van der Waals surface area contributed by atoms with Crippen molar-refractivity contribution in [3.05, 3.63) is 34.1 Å². The first-order valence-electron chi connectivity index (χ1n) is 13.1. The van der Waals surface area contributed by atoms with Crippen LogP contribution in [0.15, 0.2) is 21.4 Å². The number of halogens is 1. The molecular formula is C25H43BrN4O6SSi. The van der Waals surface area contributed by atoms with Crippen molar-refractivity contribution in [3.8, 4) is 0 Å². The van der Waals surface area contributed by atoms with E-state index >= 15 is 0 Å². The summed E-state index contributed by atoms with van der Waals surface area (Å²) in [5, 5.41) is 9.95. The topological polar surface area (TPSA) is 124 Å². The Hall–Kier alpha value is -0.933. The van der Waals surface area contributed by atoms with Crippen LogP contribution in [-0.4, -0.2) is 64.8 Å². The molecule has 1 aliphatic rings. The summed E-state index contributed by atoms with van der Waals surface area (Å²) in [7, 11) is -2.69. The SMILES string of the molecule is Cc1cc(C2(CCCOC[C@@H](CC(C)(C)S(N)=O)c3nc(Br)cn3COCC[Si](C)(C)C)OCCO2)no1. The predicted molar refractivity (Wildman–Crippen MR) is 153 cm³/mol. The van der Waals surface area contributed by atoms with Gasteiger partial charge in [-0.3, -0.25) is 5.14 Å². The lowest BCUT2D eigenvalue weighted by Gasteiger charge is -2.28. The van der Waals surface area contributed by atoms with Crippen molar-refractivity contribution >= 4 is 35.0 Å². The molecule has 0 aromatic carbocycles. The minimum Gasteiger partial charge on any atom is -0.381 e. The Morgan fingerprint density at radius 2 is 1.97 bits per heavy atom. The number of ether oxygens (including phenoxy) is 4. The molecule has 3 rings (SSSR count). The molecule has 10 nitrogen and oxygen atoms in total. The van der Waals surface area contributed by atoms with Gasteiger partial charge < -0.3 is 28.0 Å². The normalized spacial score (nSPS) is 17.7. The lowest BCUT2D eigenvalue weighted by atomic mass is 9.96. The first-order chi connectivity index (χ1) is 17.8. The molecule has 1 aliphatic heterocycles. The van der Waals surface area contributed by atoms with Gasteiger partial charge in [-0.05, 0) is 55.6 Å². The average Bonchev–Trinajstić information content (AvgIpc) is 3.55. The largest absolute Gasteiger partial charge is 0.381 e. The Morgan fingerprint density at radius 3 is 2.58 bits per heavy atom. The van der Waals surface area contributed by atoms with E-state index in [2.05, 4.69) is 40.7 Å².